The molecule has 2 N–H and O–H groups in total. The van der Waals surface area contributed by atoms with Gasteiger partial charge in [0.2, 0.25) is 0 Å². The summed E-state index contributed by atoms with van der Waals surface area (Å²) in [5, 5.41) is 22.2. The summed E-state index contributed by atoms with van der Waals surface area (Å²) in [5.41, 5.74) is -0.352. The molecule has 5 aliphatic rings. The Morgan fingerprint density at radius 3 is 1.91 bits per heavy atom. The second-order valence-electron chi connectivity index (χ2n) is 15.4. The lowest BCUT2D eigenvalue weighted by Gasteiger charge is -2.73. The summed E-state index contributed by atoms with van der Waals surface area (Å²) >= 11 is 0. The van der Waals surface area contributed by atoms with Crippen LogP contribution in [0.15, 0.2) is 0 Å². The van der Waals surface area contributed by atoms with E-state index in [2.05, 4.69) is 41.5 Å². The molecule has 0 bridgehead atoms. The van der Waals surface area contributed by atoms with Crippen LogP contribution in [-0.2, 0) is 9.53 Å². The highest BCUT2D eigenvalue weighted by Crippen LogP contribution is 2.78. The molecule has 0 saturated heterocycles. The van der Waals surface area contributed by atoms with Crippen LogP contribution in [0, 0.1) is 56.7 Å². The molecular formula is C31H52O4. The Labute approximate surface area is 214 Å². The number of carbonyl (C=O) groups excluding carboxylic acids is 1. The maximum atomic E-state index is 12.5. The molecule has 0 aromatic carbocycles. The monoisotopic (exact) mass is 488 g/mol. The lowest BCUT2D eigenvalue weighted by atomic mass is 9.32. The van der Waals surface area contributed by atoms with Crippen LogP contribution in [0.2, 0.25) is 0 Å². The first-order valence-electron chi connectivity index (χ1n) is 14.6. The standard InChI is InChI=1S/C31H52O4/c1-26(2)21-13-18-30(6)23(28(21,4)16-14-24(26)32)10-9-22-27(3)15-11-20(31(7,34)25(33)35-8)19(27)12-17-29(22,30)5/h19-24,32,34H,9-18H2,1-8H3/t19-,20-,21-,22+,23-,24-,27-,28-,29+,30+,31-/m0/s1. The van der Waals surface area contributed by atoms with Gasteiger partial charge in [0.05, 0.1) is 13.2 Å². The van der Waals surface area contributed by atoms with Crippen LogP contribution in [0.5, 0.6) is 0 Å². The molecule has 35 heavy (non-hydrogen) atoms. The maximum Gasteiger partial charge on any atom is 0.337 e. The topological polar surface area (TPSA) is 66.8 Å². The first-order valence-corrected chi connectivity index (χ1v) is 14.6. The van der Waals surface area contributed by atoms with Crippen LogP contribution in [0.4, 0.5) is 0 Å². The van der Waals surface area contributed by atoms with E-state index < -0.39 is 11.6 Å². The number of rotatable bonds is 2. The first-order chi connectivity index (χ1) is 16.1. The van der Waals surface area contributed by atoms with E-state index in [1.165, 1.54) is 39.2 Å². The van der Waals surface area contributed by atoms with Crippen LogP contribution in [0.3, 0.4) is 0 Å². The van der Waals surface area contributed by atoms with Gasteiger partial charge in [-0.1, -0.05) is 41.5 Å². The SMILES string of the molecule is COC(=O)[C@@](C)(O)[C@H]1CC[C@]2(C)[C@H]3CC[C@H]4[C@@]5(C)CC[C@H](O)C(C)(C)[C@@H]5CC[C@@]4(C)[C@]3(C)CC[C@@H]12. The molecule has 0 unspecified atom stereocenters. The van der Waals surface area contributed by atoms with Crippen LogP contribution in [0.1, 0.15) is 113 Å². The molecule has 0 aromatic rings. The fourth-order valence-corrected chi connectivity index (χ4v) is 12.2. The Morgan fingerprint density at radius 1 is 0.771 bits per heavy atom. The normalized spacial score (nSPS) is 54.5. The van der Waals surface area contributed by atoms with Crippen molar-refractivity contribution in [2.45, 2.75) is 124 Å². The summed E-state index contributed by atoms with van der Waals surface area (Å²) in [6, 6.07) is 0. The van der Waals surface area contributed by atoms with E-state index >= 15 is 0 Å². The fraction of sp³-hybridized carbons (Fsp3) is 0.968. The Bertz CT molecular complexity index is 879. The van der Waals surface area contributed by atoms with Gasteiger partial charge in [0.25, 0.3) is 0 Å². The first kappa shape index (κ1) is 26.0. The number of esters is 1. The number of methoxy groups -OCH3 is 1. The van der Waals surface area contributed by atoms with Crippen molar-refractivity contribution >= 4 is 5.97 Å². The summed E-state index contributed by atoms with van der Waals surface area (Å²) in [6.45, 7) is 16.7. The van der Waals surface area contributed by atoms with E-state index in [1.54, 1.807) is 6.92 Å². The van der Waals surface area contributed by atoms with Gasteiger partial charge in [0.15, 0.2) is 5.60 Å². The predicted molar refractivity (Wildman–Crippen MR) is 138 cm³/mol. The van der Waals surface area contributed by atoms with Crippen molar-refractivity contribution in [3.8, 4) is 0 Å². The Kier molecular flexibility index (Phi) is 5.73. The predicted octanol–water partition coefficient (Wildman–Crippen LogP) is 6.37. The molecule has 4 nitrogen and oxygen atoms in total. The van der Waals surface area contributed by atoms with Crippen molar-refractivity contribution in [2.75, 3.05) is 7.11 Å². The molecule has 0 heterocycles. The zero-order valence-electron chi connectivity index (χ0n) is 23.7. The minimum absolute atomic E-state index is 0.00609. The molecule has 4 heteroatoms. The number of carbonyl (C=O) groups is 1. The Hall–Kier alpha value is -0.610. The zero-order chi connectivity index (χ0) is 25.8. The Balaban J connectivity index is 1.49. The van der Waals surface area contributed by atoms with E-state index in [4.69, 9.17) is 4.74 Å². The highest BCUT2D eigenvalue weighted by Gasteiger charge is 2.71. The third-order valence-corrected chi connectivity index (χ3v) is 14.3. The smallest absolute Gasteiger partial charge is 0.337 e. The number of fused-ring (bicyclic) bond motifs is 7. The number of hydrogen-bond donors (Lipinski definition) is 2. The van der Waals surface area contributed by atoms with Crippen molar-refractivity contribution < 1.29 is 19.7 Å². The molecule has 200 valence electrons. The zero-order valence-corrected chi connectivity index (χ0v) is 23.7. The third-order valence-electron chi connectivity index (χ3n) is 14.3. The highest BCUT2D eigenvalue weighted by atomic mass is 16.5. The number of hydrogen-bond acceptors (Lipinski definition) is 4. The lowest BCUT2D eigenvalue weighted by molar-refractivity contribution is -0.253. The van der Waals surface area contributed by atoms with Gasteiger partial charge in [-0.25, -0.2) is 4.79 Å². The second kappa shape index (κ2) is 7.71. The van der Waals surface area contributed by atoms with Crippen LogP contribution in [-0.4, -0.2) is 35.0 Å². The molecule has 11 atom stereocenters. The number of aliphatic hydroxyl groups excluding tert-OH is 1. The van der Waals surface area contributed by atoms with E-state index in [1.807, 2.05) is 0 Å². The van der Waals surface area contributed by atoms with Gasteiger partial charge in [0.1, 0.15) is 0 Å². The molecule has 5 rings (SSSR count). The van der Waals surface area contributed by atoms with Crippen molar-refractivity contribution in [1.82, 2.24) is 0 Å². The van der Waals surface area contributed by atoms with Gasteiger partial charge < -0.3 is 14.9 Å². The minimum Gasteiger partial charge on any atom is -0.467 e. The van der Waals surface area contributed by atoms with Gasteiger partial charge >= 0.3 is 5.97 Å². The summed E-state index contributed by atoms with van der Waals surface area (Å²) < 4.78 is 5.03. The summed E-state index contributed by atoms with van der Waals surface area (Å²) in [6.07, 6.45) is 11.3. The Morgan fingerprint density at radius 2 is 1.31 bits per heavy atom. The molecule has 0 radical (unpaired) electrons. The summed E-state index contributed by atoms with van der Waals surface area (Å²) in [7, 11) is 1.40. The largest absolute Gasteiger partial charge is 0.467 e. The van der Waals surface area contributed by atoms with Gasteiger partial charge in [0, 0.05) is 5.92 Å². The molecule has 0 aromatic heterocycles. The van der Waals surface area contributed by atoms with Crippen molar-refractivity contribution in [2.24, 2.45) is 56.7 Å². The van der Waals surface area contributed by atoms with Crippen molar-refractivity contribution in [3.63, 3.8) is 0 Å². The molecule has 0 aliphatic heterocycles. The average Bonchev–Trinajstić information content (AvgIpc) is 3.14. The van der Waals surface area contributed by atoms with Crippen LogP contribution in [0.25, 0.3) is 0 Å². The van der Waals surface area contributed by atoms with E-state index in [0.717, 1.165) is 32.1 Å². The molecule has 5 aliphatic carbocycles. The molecule has 0 spiro atoms. The van der Waals surface area contributed by atoms with Crippen molar-refractivity contribution in [1.29, 1.82) is 0 Å². The summed E-state index contributed by atoms with van der Waals surface area (Å²) in [4.78, 5) is 12.5. The molecule has 0 amide bonds. The highest BCUT2D eigenvalue weighted by molar-refractivity contribution is 5.79. The second-order valence-corrected chi connectivity index (χ2v) is 15.4. The minimum atomic E-state index is -1.40. The van der Waals surface area contributed by atoms with Gasteiger partial charge in [-0.2, -0.15) is 0 Å². The van der Waals surface area contributed by atoms with Crippen molar-refractivity contribution in [3.05, 3.63) is 0 Å². The molecule has 5 fully saturated rings. The van der Waals surface area contributed by atoms with Crippen LogP contribution >= 0.6 is 0 Å². The molecular weight excluding hydrogens is 436 g/mol. The van der Waals surface area contributed by atoms with E-state index in [-0.39, 0.29) is 28.3 Å². The maximum absolute atomic E-state index is 12.5. The van der Waals surface area contributed by atoms with Gasteiger partial charge in [-0.3, -0.25) is 0 Å². The van der Waals surface area contributed by atoms with Gasteiger partial charge in [-0.15, -0.1) is 0 Å². The van der Waals surface area contributed by atoms with E-state index in [0.29, 0.717) is 34.5 Å². The number of ether oxygens (including phenoxy) is 1. The number of aliphatic hydroxyl groups is 2. The van der Waals surface area contributed by atoms with E-state index in [9.17, 15) is 15.0 Å². The van der Waals surface area contributed by atoms with Crippen LogP contribution < -0.4 is 0 Å². The molecule has 5 saturated carbocycles. The average molecular weight is 489 g/mol. The lowest BCUT2D eigenvalue weighted by Crippen LogP contribution is -2.67. The quantitative estimate of drug-likeness (QED) is 0.443. The summed E-state index contributed by atoms with van der Waals surface area (Å²) in [5.74, 6) is 1.83. The third kappa shape index (κ3) is 3.08. The van der Waals surface area contributed by atoms with Gasteiger partial charge in [-0.05, 0) is 122 Å². The fourth-order valence-electron chi connectivity index (χ4n) is 12.2.